The number of aliphatic hydroxyl groups excluding tert-OH is 1. The Hall–Kier alpha value is -2.11. The van der Waals surface area contributed by atoms with E-state index in [0.717, 1.165) is 31.6 Å². The first kappa shape index (κ1) is 23.6. The lowest BCUT2D eigenvalue weighted by Gasteiger charge is -2.17. The first-order valence-corrected chi connectivity index (χ1v) is 12.3. The molecule has 0 spiro atoms. The number of ether oxygens (including phenoxy) is 1. The van der Waals surface area contributed by atoms with E-state index in [-0.39, 0.29) is 10.6 Å². The zero-order chi connectivity index (χ0) is 22.4. The maximum atomic E-state index is 12.0. The lowest BCUT2D eigenvalue weighted by atomic mass is 9.99. The molecule has 1 heterocycles. The first-order chi connectivity index (χ1) is 14.8. The van der Waals surface area contributed by atoms with Crippen LogP contribution in [0.5, 0.6) is 5.75 Å². The van der Waals surface area contributed by atoms with Crippen molar-refractivity contribution in [2.24, 2.45) is 11.8 Å². The van der Waals surface area contributed by atoms with E-state index in [4.69, 9.17) is 26.7 Å². The second-order valence-electron chi connectivity index (χ2n) is 8.03. The van der Waals surface area contributed by atoms with Gasteiger partial charge in [0.2, 0.25) is 0 Å². The highest BCUT2D eigenvalue weighted by molar-refractivity contribution is 7.91. The molecule has 1 N–H and O–H groups in total. The van der Waals surface area contributed by atoms with Crippen LogP contribution in [-0.2, 0) is 16.3 Å². The molecular weight excluding hydrogens is 436 g/mol. The largest absolute Gasteiger partial charge is 0.493 e. The van der Waals surface area contributed by atoms with E-state index < -0.39 is 16.4 Å². The van der Waals surface area contributed by atoms with Gasteiger partial charge < -0.3 is 14.7 Å². The number of rotatable bonds is 9. The van der Waals surface area contributed by atoms with Gasteiger partial charge in [-0.1, -0.05) is 18.5 Å². The molecule has 2 aromatic rings. The summed E-state index contributed by atoms with van der Waals surface area (Å²) < 4.78 is 29.9. The molecular formula is C23H27ClN2O4S. The van der Waals surface area contributed by atoms with Crippen molar-refractivity contribution in [1.82, 2.24) is 4.90 Å². The molecule has 8 heteroatoms. The summed E-state index contributed by atoms with van der Waals surface area (Å²) in [5.41, 5.74) is 1.64. The monoisotopic (exact) mass is 462 g/mol. The maximum absolute atomic E-state index is 12.0. The van der Waals surface area contributed by atoms with Crippen LogP contribution < -0.4 is 4.74 Å². The third-order valence-electron chi connectivity index (χ3n) is 5.65. The number of aliphatic hydroxyl groups is 1. The Balaban J connectivity index is 1.50. The van der Waals surface area contributed by atoms with Crippen molar-refractivity contribution in [1.29, 1.82) is 5.26 Å². The number of nitriles is 1. The van der Waals surface area contributed by atoms with Crippen LogP contribution in [0.1, 0.15) is 18.1 Å². The van der Waals surface area contributed by atoms with E-state index >= 15 is 0 Å². The molecule has 0 aromatic heterocycles. The van der Waals surface area contributed by atoms with Crippen molar-refractivity contribution in [2.75, 3.05) is 38.6 Å². The molecule has 0 aliphatic carbocycles. The Labute approximate surface area is 188 Å². The van der Waals surface area contributed by atoms with Gasteiger partial charge in [-0.25, -0.2) is 8.42 Å². The predicted octanol–water partition coefficient (Wildman–Crippen LogP) is 3.17. The molecule has 0 amide bonds. The van der Waals surface area contributed by atoms with Crippen LogP contribution in [0.25, 0.3) is 0 Å². The fraction of sp³-hybridized carbons (Fsp3) is 0.435. The van der Waals surface area contributed by atoms with Gasteiger partial charge in [-0.15, -0.1) is 0 Å². The molecule has 1 fully saturated rings. The highest BCUT2D eigenvalue weighted by Crippen LogP contribution is 2.25. The van der Waals surface area contributed by atoms with Crippen molar-refractivity contribution in [3.63, 3.8) is 0 Å². The van der Waals surface area contributed by atoms with Gasteiger partial charge in [-0.2, -0.15) is 5.26 Å². The molecule has 1 aliphatic heterocycles. The zero-order valence-electron chi connectivity index (χ0n) is 17.5. The third-order valence-corrected chi connectivity index (χ3v) is 7.58. The van der Waals surface area contributed by atoms with E-state index in [1.807, 2.05) is 12.1 Å². The van der Waals surface area contributed by atoms with Gasteiger partial charge in [-0.05, 0) is 60.4 Å². The van der Waals surface area contributed by atoms with Crippen LogP contribution in [0.3, 0.4) is 0 Å². The number of nitrogens with zero attached hydrogens (tertiary/aromatic N) is 2. The summed E-state index contributed by atoms with van der Waals surface area (Å²) in [4.78, 5) is 2.59. The van der Waals surface area contributed by atoms with Crippen LogP contribution in [0.2, 0.25) is 5.02 Å². The van der Waals surface area contributed by atoms with E-state index in [0.29, 0.717) is 34.8 Å². The molecule has 0 saturated carbocycles. The lowest BCUT2D eigenvalue weighted by molar-refractivity contribution is 0.225. The van der Waals surface area contributed by atoms with Gasteiger partial charge in [0.25, 0.3) is 0 Å². The first-order valence-electron chi connectivity index (χ1n) is 10.3. The summed E-state index contributed by atoms with van der Waals surface area (Å²) in [5.74, 6) is 1.22. The molecule has 166 valence electrons. The van der Waals surface area contributed by atoms with Gasteiger partial charge >= 0.3 is 0 Å². The highest BCUT2D eigenvalue weighted by Gasteiger charge is 2.29. The van der Waals surface area contributed by atoms with E-state index in [2.05, 4.69) is 17.9 Å². The number of hydrogen-bond donors (Lipinski definition) is 1. The summed E-state index contributed by atoms with van der Waals surface area (Å²) >= 11 is 6.09. The molecule has 0 radical (unpaired) electrons. The molecule has 1 aliphatic rings. The maximum Gasteiger partial charge on any atom is 0.180 e. The molecule has 2 atom stereocenters. The predicted molar refractivity (Wildman–Crippen MR) is 120 cm³/mol. The van der Waals surface area contributed by atoms with Crippen LogP contribution >= 0.6 is 11.6 Å². The summed E-state index contributed by atoms with van der Waals surface area (Å²) in [6.07, 6.45) is 0.833. The Kier molecular flexibility index (Phi) is 7.95. The Bertz CT molecular complexity index is 1030. The summed E-state index contributed by atoms with van der Waals surface area (Å²) in [7, 11) is -3.45. The fourth-order valence-corrected chi connectivity index (χ4v) is 5.16. The van der Waals surface area contributed by atoms with Gasteiger partial charge in [-0.3, -0.25) is 0 Å². The smallest absolute Gasteiger partial charge is 0.180 e. The van der Waals surface area contributed by atoms with E-state index in [1.54, 1.807) is 18.2 Å². The average Bonchev–Trinajstić information content (AvgIpc) is 3.10. The van der Waals surface area contributed by atoms with Gasteiger partial charge in [0.05, 0.1) is 35.5 Å². The molecule has 2 aromatic carbocycles. The van der Waals surface area contributed by atoms with E-state index in [1.165, 1.54) is 12.1 Å². The van der Waals surface area contributed by atoms with Crippen molar-refractivity contribution >= 4 is 21.4 Å². The molecule has 1 saturated heterocycles. The number of likely N-dealkylation sites (tertiary alicyclic amines) is 1. The Morgan fingerprint density at radius 3 is 2.65 bits per heavy atom. The molecule has 3 rings (SSSR count). The minimum Gasteiger partial charge on any atom is -0.493 e. The van der Waals surface area contributed by atoms with Crippen molar-refractivity contribution in [3.8, 4) is 11.8 Å². The molecule has 31 heavy (non-hydrogen) atoms. The molecule has 0 bridgehead atoms. The molecule has 6 nitrogen and oxygen atoms in total. The number of sulfone groups is 1. The quantitative estimate of drug-likeness (QED) is 0.615. The second-order valence-corrected chi connectivity index (χ2v) is 10.6. The zero-order valence-corrected chi connectivity index (χ0v) is 19.1. The Morgan fingerprint density at radius 1 is 1.23 bits per heavy atom. The molecule has 2 unspecified atom stereocenters. The number of halogens is 1. The van der Waals surface area contributed by atoms with Crippen molar-refractivity contribution in [2.45, 2.75) is 18.2 Å². The summed E-state index contributed by atoms with van der Waals surface area (Å²) in [6.45, 7) is 5.19. The van der Waals surface area contributed by atoms with Gasteiger partial charge in [0.15, 0.2) is 9.84 Å². The Morgan fingerprint density at radius 2 is 1.97 bits per heavy atom. The van der Waals surface area contributed by atoms with Crippen LogP contribution in [0.15, 0.2) is 47.4 Å². The topological polar surface area (TPSA) is 90.6 Å². The van der Waals surface area contributed by atoms with Gasteiger partial charge in [0.1, 0.15) is 5.75 Å². The van der Waals surface area contributed by atoms with Crippen molar-refractivity contribution in [3.05, 3.63) is 58.6 Å². The second kappa shape index (κ2) is 10.5. The third kappa shape index (κ3) is 6.44. The van der Waals surface area contributed by atoms with Gasteiger partial charge in [0, 0.05) is 30.6 Å². The normalized spacial score (nSPS) is 19.3. The minimum absolute atomic E-state index is 0.190. The van der Waals surface area contributed by atoms with Crippen LogP contribution in [-0.4, -0.2) is 57.0 Å². The average molecular weight is 463 g/mol. The highest BCUT2D eigenvalue weighted by atomic mass is 35.5. The van der Waals surface area contributed by atoms with E-state index in [9.17, 15) is 8.42 Å². The standard InChI is InChI=1S/C23H27ClN2O4S/c1-17-14-26(7-6-18-10-19(13-25)12-21(24)11-18)15-20(17)16-30-22-2-4-23(5-3-22)31(28,29)9-8-27/h2-5,10-12,17,20,27H,6-9,14-16H2,1H3. The SMILES string of the molecule is CC1CN(CCc2cc(Cl)cc(C#N)c2)CC1COc1ccc(S(=O)(=O)CCO)cc1. The lowest BCUT2D eigenvalue weighted by Crippen LogP contribution is -2.24. The minimum atomic E-state index is -3.45. The van der Waals surface area contributed by atoms with Crippen LogP contribution in [0.4, 0.5) is 0 Å². The fourth-order valence-electron chi connectivity index (χ4n) is 3.87. The number of benzene rings is 2. The van der Waals surface area contributed by atoms with Crippen molar-refractivity contribution < 1.29 is 18.3 Å². The van der Waals surface area contributed by atoms with Crippen LogP contribution in [0, 0.1) is 23.2 Å². The number of hydrogen-bond acceptors (Lipinski definition) is 6. The summed E-state index contributed by atoms with van der Waals surface area (Å²) in [5, 5.41) is 18.6. The summed E-state index contributed by atoms with van der Waals surface area (Å²) in [6, 6.07) is 14.0.